The SMILES string of the molecule is CN(c1cccc(F)c1)c1cccnc1C#N. The van der Waals surface area contributed by atoms with Gasteiger partial charge in [0.25, 0.3) is 0 Å². The summed E-state index contributed by atoms with van der Waals surface area (Å²) >= 11 is 0. The predicted molar refractivity (Wildman–Crippen MR) is 63.4 cm³/mol. The number of anilines is 2. The monoisotopic (exact) mass is 227 g/mol. The lowest BCUT2D eigenvalue weighted by Crippen LogP contribution is -2.11. The van der Waals surface area contributed by atoms with Gasteiger partial charge in [-0.15, -0.1) is 0 Å². The third-order valence-electron chi connectivity index (χ3n) is 2.45. The molecular weight excluding hydrogens is 217 g/mol. The van der Waals surface area contributed by atoms with Crippen molar-refractivity contribution in [2.75, 3.05) is 11.9 Å². The molecule has 1 aromatic carbocycles. The van der Waals surface area contributed by atoms with Crippen LogP contribution in [0.15, 0.2) is 42.6 Å². The van der Waals surface area contributed by atoms with Crippen molar-refractivity contribution in [1.29, 1.82) is 5.26 Å². The lowest BCUT2D eigenvalue weighted by Gasteiger charge is -2.19. The Labute approximate surface area is 98.8 Å². The highest BCUT2D eigenvalue weighted by atomic mass is 19.1. The number of rotatable bonds is 2. The van der Waals surface area contributed by atoms with Crippen molar-refractivity contribution in [3.63, 3.8) is 0 Å². The number of aromatic nitrogens is 1. The second-order valence-corrected chi connectivity index (χ2v) is 3.52. The number of halogens is 1. The third kappa shape index (κ3) is 2.23. The van der Waals surface area contributed by atoms with Gasteiger partial charge in [0, 0.05) is 18.9 Å². The Morgan fingerprint density at radius 1 is 1.29 bits per heavy atom. The minimum atomic E-state index is -0.309. The Morgan fingerprint density at radius 3 is 2.82 bits per heavy atom. The standard InChI is InChI=1S/C13H10FN3/c1-17(11-5-2-4-10(14)8-11)13-6-3-7-16-12(13)9-15/h2-8H,1H3. The van der Waals surface area contributed by atoms with Gasteiger partial charge < -0.3 is 4.90 Å². The summed E-state index contributed by atoms with van der Waals surface area (Å²) in [7, 11) is 1.77. The minimum Gasteiger partial charge on any atom is -0.342 e. The maximum atomic E-state index is 13.1. The molecule has 0 amide bonds. The van der Waals surface area contributed by atoms with Crippen LogP contribution in [0.1, 0.15) is 5.69 Å². The highest BCUT2D eigenvalue weighted by Gasteiger charge is 2.09. The average molecular weight is 227 g/mol. The van der Waals surface area contributed by atoms with Crippen molar-refractivity contribution < 1.29 is 4.39 Å². The normalized spacial score (nSPS) is 9.71. The van der Waals surface area contributed by atoms with Gasteiger partial charge in [0.15, 0.2) is 5.69 Å². The fraction of sp³-hybridized carbons (Fsp3) is 0.0769. The van der Waals surface area contributed by atoms with Crippen molar-refractivity contribution in [2.24, 2.45) is 0 Å². The fourth-order valence-corrected chi connectivity index (χ4v) is 1.58. The highest BCUT2D eigenvalue weighted by molar-refractivity contribution is 5.66. The molecule has 0 fully saturated rings. The molecule has 2 rings (SSSR count). The lowest BCUT2D eigenvalue weighted by molar-refractivity contribution is 0.628. The number of nitrogens with zero attached hydrogens (tertiary/aromatic N) is 3. The van der Waals surface area contributed by atoms with Crippen molar-refractivity contribution in [3.8, 4) is 6.07 Å². The molecule has 0 radical (unpaired) electrons. The molecule has 0 aliphatic heterocycles. The summed E-state index contributed by atoms with van der Waals surface area (Å²) in [6.07, 6.45) is 1.56. The van der Waals surface area contributed by atoms with Gasteiger partial charge in [-0.1, -0.05) is 6.07 Å². The van der Waals surface area contributed by atoms with Crippen LogP contribution in [-0.4, -0.2) is 12.0 Å². The predicted octanol–water partition coefficient (Wildman–Crippen LogP) is 2.86. The smallest absolute Gasteiger partial charge is 0.164 e. The van der Waals surface area contributed by atoms with Gasteiger partial charge in [-0.05, 0) is 30.3 Å². The van der Waals surface area contributed by atoms with Gasteiger partial charge in [0.1, 0.15) is 11.9 Å². The van der Waals surface area contributed by atoms with Crippen molar-refractivity contribution >= 4 is 11.4 Å². The average Bonchev–Trinajstić information content (AvgIpc) is 2.38. The molecule has 0 atom stereocenters. The molecule has 2 aromatic rings. The Hall–Kier alpha value is -2.41. The summed E-state index contributed by atoms with van der Waals surface area (Å²) in [4.78, 5) is 5.70. The molecule has 17 heavy (non-hydrogen) atoms. The molecule has 4 heteroatoms. The molecule has 0 saturated carbocycles. The first-order valence-electron chi connectivity index (χ1n) is 5.07. The van der Waals surface area contributed by atoms with Crippen LogP contribution in [0.4, 0.5) is 15.8 Å². The number of hydrogen-bond donors (Lipinski definition) is 0. The summed E-state index contributed by atoms with van der Waals surface area (Å²) in [5, 5.41) is 8.96. The number of benzene rings is 1. The molecule has 84 valence electrons. The molecule has 1 aromatic heterocycles. The largest absolute Gasteiger partial charge is 0.342 e. The van der Waals surface area contributed by atoms with E-state index in [4.69, 9.17) is 5.26 Å². The molecule has 0 saturated heterocycles. The first-order chi connectivity index (χ1) is 8.22. The van der Waals surface area contributed by atoms with E-state index < -0.39 is 0 Å². The Bertz CT molecular complexity index is 575. The van der Waals surface area contributed by atoms with E-state index in [1.807, 2.05) is 6.07 Å². The van der Waals surface area contributed by atoms with Gasteiger partial charge in [-0.3, -0.25) is 0 Å². The van der Waals surface area contributed by atoms with Crippen LogP contribution < -0.4 is 4.90 Å². The number of nitriles is 1. The molecule has 0 unspecified atom stereocenters. The van der Waals surface area contributed by atoms with Gasteiger partial charge in [-0.2, -0.15) is 5.26 Å². The Kier molecular flexibility index (Phi) is 3.01. The van der Waals surface area contributed by atoms with Crippen LogP contribution in [-0.2, 0) is 0 Å². The molecule has 0 aliphatic carbocycles. The van der Waals surface area contributed by atoms with E-state index in [0.29, 0.717) is 17.1 Å². The van der Waals surface area contributed by atoms with Gasteiger partial charge in [0.2, 0.25) is 0 Å². The van der Waals surface area contributed by atoms with Crippen LogP contribution in [0.5, 0.6) is 0 Å². The van der Waals surface area contributed by atoms with Crippen LogP contribution in [0, 0.1) is 17.1 Å². The first kappa shape index (κ1) is 11.1. The van der Waals surface area contributed by atoms with E-state index in [1.54, 1.807) is 42.4 Å². The lowest BCUT2D eigenvalue weighted by atomic mass is 10.2. The van der Waals surface area contributed by atoms with Gasteiger partial charge in [0.05, 0.1) is 5.69 Å². The van der Waals surface area contributed by atoms with Crippen LogP contribution >= 0.6 is 0 Å². The molecule has 0 N–H and O–H groups in total. The number of hydrogen-bond acceptors (Lipinski definition) is 3. The highest BCUT2D eigenvalue weighted by Crippen LogP contribution is 2.25. The quantitative estimate of drug-likeness (QED) is 0.792. The Morgan fingerprint density at radius 2 is 2.12 bits per heavy atom. The zero-order valence-corrected chi connectivity index (χ0v) is 9.26. The van der Waals surface area contributed by atoms with Crippen LogP contribution in [0.25, 0.3) is 0 Å². The maximum absolute atomic E-state index is 13.1. The summed E-state index contributed by atoms with van der Waals surface area (Å²) in [6.45, 7) is 0. The van der Waals surface area contributed by atoms with Crippen molar-refractivity contribution in [2.45, 2.75) is 0 Å². The summed E-state index contributed by atoms with van der Waals surface area (Å²) in [6, 6.07) is 11.7. The molecule has 3 nitrogen and oxygen atoms in total. The van der Waals surface area contributed by atoms with Crippen molar-refractivity contribution in [1.82, 2.24) is 4.98 Å². The first-order valence-corrected chi connectivity index (χ1v) is 5.07. The van der Waals surface area contributed by atoms with Crippen LogP contribution in [0.2, 0.25) is 0 Å². The zero-order valence-electron chi connectivity index (χ0n) is 9.26. The van der Waals surface area contributed by atoms with E-state index in [-0.39, 0.29) is 5.82 Å². The van der Waals surface area contributed by atoms with E-state index in [9.17, 15) is 4.39 Å². The van der Waals surface area contributed by atoms with Crippen molar-refractivity contribution in [3.05, 3.63) is 54.1 Å². The molecular formula is C13H10FN3. The summed E-state index contributed by atoms with van der Waals surface area (Å²) in [5.41, 5.74) is 1.65. The summed E-state index contributed by atoms with van der Waals surface area (Å²) < 4.78 is 13.1. The molecule has 0 spiro atoms. The molecule has 0 bridgehead atoms. The molecule has 0 aliphatic rings. The summed E-state index contributed by atoms with van der Waals surface area (Å²) in [5.74, 6) is -0.309. The number of pyridine rings is 1. The second kappa shape index (κ2) is 4.62. The van der Waals surface area contributed by atoms with Gasteiger partial charge >= 0.3 is 0 Å². The Balaban J connectivity index is 2.44. The van der Waals surface area contributed by atoms with E-state index in [2.05, 4.69) is 4.98 Å². The molecule has 1 heterocycles. The van der Waals surface area contributed by atoms with Gasteiger partial charge in [-0.25, -0.2) is 9.37 Å². The van der Waals surface area contributed by atoms with E-state index in [1.165, 1.54) is 12.1 Å². The fourth-order valence-electron chi connectivity index (χ4n) is 1.58. The zero-order chi connectivity index (χ0) is 12.3. The maximum Gasteiger partial charge on any atom is 0.164 e. The van der Waals surface area contributed by atoms with Crippen LogP contribution in [0.3, 0.4) is 0 Å². The van der Waals surface area contributed by atoms with E-state index in [0.717, 1.165) is 0 Å². The van der Waals surface area contributed by atoms with E-state index >= 15 is 0 Å². The third-order valence-corrected chi connectivity index (χ3v) is 2.45. The minimum absolute atomic E-state index is 0.309. The second-order valence-electron chi connectivity index (χ2n) is 3.52. The topological polar surface area (TPSA) is 39.9 Å².